The number of ether oxygens (including phenoxy) is 1. The van der Waals surface area contributed by atoms with Crippen LogP contribution in [0.4, 0.5) is 20.3 Å². The summed E-state index contributed by atoms with van der Waals surface area (Å²) in [5.41, 5.74) is 1.36. The predicted octanol–water partition coefficient (Wildman–Crippen LogP) is 3.04. The highest BCUT2D eigenvalue weighted by Gasteiger charge is 2.17. The first kappa shape index (κ1) is 18.3. The molecule has 0 atom stereocenters. The van der Waals surface area contributed by atoms with Gasteiger partial charge in [-0.1, -0.05) is 6.07 Å². The lowest BCUT2D eigenvalue weighted by Crippen LogP contribution is -2.17. The normalized spacial score (nSPS) is 10.8. The number of nitrogens with zero attached hydrogens (tertiary/aromatic N) is 3. The van der Waals surface area contributed by atoms with E-state index in [-0.39, 0.29) is 30.2 Å². The van der Waals surface area contributed by atoms with Gasteiger partial charge in [0.15, 0.2) is 0 Å². The van der Waals surface area contributed by atoms with Gasteiger partial charge >= 0.3 is 12.4 Å². The Morgan fingerprint density at radius 1 is 1.40 bits per heavy atom. The van der Waals surface area contributed by atoms with Crippen molar-refractivity contribution in [2.75, 3.05) is 5.32 Å². The monoisotopic (exact) mass is 354 g/mol. The lowest BCUT2D eigenvalue weighted by atomic mass is 10.2. The van der Waals surface area contributed by atoms with Crippen LogP contribution in [0.5, 0.6) is 5.75 Å². The van der Waals surface area contributed by atoms with E-state index in [1.165, 1.54) is 22.9 Å². The SMILES string of the molecule is Cc1ccc(NC(=O)CCn2nc([N+](=O)[O-])cc2C)c(OC(F)F)c1. The molecule has 2 aromatic rings. The van der Waals surface area contributed by atoms with Gasteiger partial charge in [0.25, 0.3) is 0 Å². The van der Waals surface area contributed by atoms with Gasteiger partial charge in [-0.3, -0.25) is 4.79 Å². The van der Waals surface area contributed by atoms with E-state index < -0.39 is 17.4 Å². The molecule has 8 nitrogen and oxygen atoms in total. The van der Waals surface area contributed by atoms with Crippen molar-refractivity contribution >= 4 is 17.4 Å². The minimum absolute atomic E-state index is 0.0400. The van der Waals surface area contributed by atoms with Crippen LogP contribution in [-0.2, 0) is 11.3 Å². The Hall–Kier alpha value is -3.04. The summed E-state index contributed by atoms with van der Waals surface area (Å²) < 4.78 is 30.6. The van der Waals surface area contributed by atoms with Gasteiger partial charge in [-0.05, 0) is 36.5 Å². The molecule has 1 N–H and O–H groups in total. The van der Waals surface area contributed by atoms with Crippen LogP contribution in [0.25, 0.3) is 0 Å². The Labute approximate surface area is 141 Å². The van der Waals surface area contributed by atoms with Gasteiger partial charge in [0.05, 0.1) is 29.1 Å². The van der Waals surface area contributed by atoms with Crippen LogP contribution < -0.4 is 10.1 Å². The molecule has 1 heterocycles. The maximum absolute atomic E-state index is 12.4. The van der Waals surface area contributed by atoms with Crippen molar-refractivity contribution in [2.24, 2.45) is 0 Å². The third-order valence-electron chi connectivity index (χ3n) is 3.33. The Morgan fingerprint density at radius 2 is 2.12 bits per heavy atom. The number of aromatic nitrogens is 2. The van der Waals surface area contributed by atoms with E-state index >= 15 is 0 Å². The molecule has 0 saturated carbocycles. The zero-order valence-electron chi connectivity index (χ0n) is 13.5. The summed E-state index contributed by atoms with van der Waals surface area (Å²) in [6.45, 7) is 0.441. The summed E-state index contributed by atoms with van der Waals surface area (Å²) in [5, 5.41) is 16.9. The molecule has 0 fully saturated rings. The number of carbonyl (C=O) groups is 1. The molecule has 10 heteroatoms. The lowest BCUT2D eigenvalue weighted by molar-refractivity contribution is -0.389. The number of anilines is 1. The molecule has 1 aromatic heterocycles. The van der Waals surface area contributed by atoms with Crippen molar-refractivity contribution in [1.82, 2.24) is 9.78 Å². The zero-order chi connectivity index (χ0) is 18.6. The highest BCUT2D eigenvalue weighted by Crippen LogP contribution is 2.27. The number of nitro groups is 1. The first-order chi connectivity index (χ1) is 11.8. The van der Waals surface area contributed by atoms with Gasteiger partial charge < -0.3 is 20.2 Å². The van der Waals surface area contributed by atoms with Crippen LogP contribution in [-0.4, -0.2) is 27.2 Å². The highest BCUT2D eigenvalue weighted by atomic mass is 19.3. The van der Waals surface area contributed by atoms with Gasteiger partial charge in [-0.2, -0.15) is 13.5 Å². The van der Waals surface area contributed by atoms with Crippen molar-refractivity contribution in [3.05, 3.63) is 45.6 Å². The Morgan fingerprint density at radius 3 is 2.72 bits per heavy atom. The molecule has 2 rings (SSSR count). The fraction of sp³-hybridized carbons (Fsp3) is 0.333. The van der Waals surface area contributed by atoms with Crippen molar-refractivity contribution in [3.63, 3.8) is 0 Å². The van der Waals surface area contributed by atoms with E-state index in [0.717, 1.165) is 0 Å². The molecular weight excluding hydrogens is 338 g/mol. The van der Waals surface area contributed by atoms with Crippen LogP contribution in [0.15, 0.2) is 24.3 Å². The first-order valence-corrected chi connectivity index (χ1v) is 7.30. The number of hydrogen-bond acceptors (Lipinski definition) is 5. The smallest absolute Gasteiger partial charge is 0.390 e. The van der Waals surface area contributed by atoms with Crippen molar-refractivity contribution < 1.29 is 23.2 Å². The van der Waals surface area contributed by atoms with Gasteiger partial charge in [-0.25, -0.2) is 0 Å². The number of nitrogens with one attached hydrogen (secondary N) is 1. The van der Waals surface area contributed by atoms with Crippen molar-refractivity contribution in [2.45, 2.75) is 33.4 Å². The largest absolute Gasteiger partial charge is 0.433 e. The summed E-state index contributed by atoms with van der Waals surface area (Å²) in [4.78, 5) is 22.1. The fourth-order valence-corrected chi connectivity index (χ4v) is 2.15. The Kier molecular flexibility index (Phi) is 5.63. The minimum atomic E-state index is -3.01. The average molecular weight is 354 g/mol. The number of aryl methyl sites for hydroxylation is 3. The van der Waals surface area contributed by atoms with E-state index in [2.05, 4.69) is 15.2 Å². The number of amides is 1. The molecule has 1 amide bonds. The lowest BCUT2D eigenvalue weighted by Gasteiger charge is -2.12. The van der Waals surface area contributed by atoms with E-state index in [1.807, 2.05) is 0 Å². The third kappa shape index (κ3) is 4.96. The van der Waals surface area contributed by atoms with Crippen molar-refractivity contribution in [1.29, 1.82) is 0 Å². The summed E-state index contributed by atoms with van der Waals surface area (Å²) >= 11 is 0. The highest BCUT2D eigenvalue weighted by molar-refractivity contribution is 5.92. The number of benzene rings is 1. The minimum Gasteiger partial charge on any atom is -0.433 e. The second-order valence-electron chi connectivity index (χ2n) is 5.30. The molecule has 0 aliphatic rings. The van der Waals surface area contributed by atoms with E-state index in [9.17, 15) is 23.7 Å². The topological polar surface area (TPSA) is 99.3 Å². The van der Waals surface area contributed by atoms with E-state index in [1.54, 1.807) is 19.9 Å². The Bertz CT molecular complexity index is 792. The first-order valence-electron chi connectivity index (χ1n) is 7.30. The molecule has 0 aliphatic heterocycles. The standard InChI is InChI=1S/C15H16F2N4O4/c1-9-3-4-11(12(7-9)25-15(16)17)18-14(22)5-6-20-10(2)8-13(19-20)21(23)24/h3-4,7-8,15H,5-6H2,1-2H3,(H,18,22). The van der Waals surface area contributed by atoms with Gasteiger partial charge in [0.1, 0.15) is 5.75 Å². The maximum atomic E-state index is 12.4. The Balaban J connectivity index is 2.02. The molecule has 134 valence electrons. The molecule has 0 unspecified atom stereocenters. The van der Waals surface area contributed by atoms with Crippen molar-refractivity contribution in [3.8, 4) is 5.75 Å². The van der Waals surface area contributed by atoms with Crippen LogP contribution >= 0.6 is 0 Å². The summed E-state index contributed by atoms with van der Waals surface area (Å²) in [7, 11) is 0. The summed E-state index contributed by atoms with van der Waals surface area (Å²) in [5.74, 6) is -0.890. The third-order valence-corrected chi connectivity index (χ3v) is 3.33. The molecule has 0 aliphatic carbocycles. The molecule has 0 bridgehead atoms. The van der Waals surface area contributed by atoms with Crippen LogP contribution in [0.1, 0.15) is 17.7 Å². The van der Waals surface area contributed by atoms with Crippen LogP contribution in [0.3, 0.4) is 0 Å². The predicted molar refractivity (Wildman–Crippen MR) is 84.7 cm³/mol. The number of rotatable bonds is 7. The molecule has 25 heavy (non-hydrogen) atoms. The van der Waals surface area contributed by atoms with Gasteiger partial charge in [-0.15, -0.1) is 0 Å². The summed E-state index contributed by atoms with van der Waals surface area (Å²) in [6.07, 6.45) is -0.0400. The summed E-state index contributed by atoms with van der Waals surface area (Å²) in [6, 6.07) is 5.80. The molecule has 0 spiro atoms. The van der Waals surface area contributed by atoms with Crippen LogP contribution in [0.2, 0.25) is 0 Å². The second-order valence-corrected chi connectivity index (χ2v) is 5.30. The number of alkyl halides is 2. The quantitative estimate of drug-likeness (QED) is 0.608. The number of hydrogen-bond donors (Lipinski definition) is 1. The maximum Gasteiger partial charge on any atom is 0.390 e. The molecule has 1 aromatic carbocycles. The molecule has 0 radical (unpaired) electrons. The molecular formula is C15H16F2N4O4. The average Bonchev–Trinajstić information content (AvgIpc) is 2.89. The number of carbonyl (C=O) groups excluding carboxylic acids is 1. The number of halogens is 2. The van der Waals surface area contributed by atoms with Gasteiger partial charge in [0.2, 0.25) is 5.91 Å². The van der Waals surface area contributed by atoms with Gasteiger partial charge in [0, 0.05) is 6.42 Å². The van der Waals surface area contributed by atoms with E-state index in [4.69, 9.17) is 0 Å². The fourth-order valence-electron chi connectivity index (χ4n) is 2.15. The second kappa shape index (κ2) is 7.69. The van der Waals surface area contributed by atoms with Crippen LogP contribution in [0, 0.1) is 24.0 Å². The molecule has 0 saturated heterocycles. The van der Waals surface area contributed by atoms with E-state index in [0.29, 0.717) is 11.3 Å². The zero-order valence-corrected chi connectivity index (χ0v) is 13.5.